The number of carboxylic acid groups (broad SMARTS) is 1. The Morgan fingerprint density at radius 2 is 2.28 bits per heavy atom. The Morgan fingerprint density at radius 3 is 2.78 bits per heavy atom. The third kappa shape index (κ3) is 2.88. The number of hydrogen-bond donors (Lipinski definition) is 1. The zero-order valence-corrected chi connectivity index (χ0v) is 10.3. The predicted octanol–water partition coefficient (Wildman–Crippen LogP) is 1.64. The molecule has 98 valence electrons. The van der Waals surface area contributed by atoms with Gasteiger partial charge in [0.25, 0.3) is 5.91 Å². The molecule has 1 aromatic heterocycles. The van der Waals surface area contributed by atoms with Gasteiger partial charge in [-0.25, -0.2) is 4.79 Å². The van der Waals surface area contributed by atoms with Crippen LogP contribution in [0.5, 0.6) is 0 Å². The topological polar surface area (TPSA) is 83.6 Å². The lowest BCUT2D eigenvalue weighted by Crippen LogP contribution is -2.33. The van der Waals surface area contributed by atoms with Gasteiger partial charge in [-0.1, -0.05) is 12.1 Å². The van der Waals surface area contributed by atoms with E-state index < -0.39 is 5.97 Å². The molecule has 0 bridgehead atoms. The molecule has 6 heteroatoms. The number of carboxylic acids is 1. The number of hydrogen-bond acceptors (Lipinski definition) is 4. The van der Waals surface area contributed by atoms with Crippen molar-refractivity contribution >= 4 is 11.9 Å². The van der Waals surface area contributed by atoms with Crippen LogP contribution in [0.3, 0.4) is 0 Å². The summed E-state index contributed by atoms with van der Waals surface area (Å²) in [6.45, 7) is 3.38. The maximum atomic E-state index is 12.1. The smallest absolute Gasteiger partial charge is 0.374 e. The van der Waals surface area contributed by atoms with Crippen LogP contribution >= 0.6 is 0 Å². The van der Waals surface area contributed by atoms with Crippen LogP contribution < -0.4 is 0 Å². The van der Waals surface area contributed by atoms with Gasteiger partial charge in [0.2, 0.25) is 5.76 Å². The number of aromatic carboxylic acids is 1. The molecule has 18 heavy (non-hydrogen) atoms. The van der Waals surface area contributed by atoms with Gasteiger partial charge in [-0.2, -0.15) is 0 Å². The Kier molecular flexibility index (Phi) is 3.64. The highest BCUT2D eigenvalue weighted by molar-refractivity contribution is 5.94. The van der Waals surface area contributed by atoms with E-state index >= 15 is 0 Å². The first-order valence-corrected chi connectivity index (χ1v) is 6.11. The lowest BCUT2D eigenvalue weighted by Gasteiger charge is -2.20. The van der Waals surface area contributed by atoms with Crippen LogP contribution in [0.15, 0.2) is 10.6 Å². The maximum absolute atomic E-state index is 12.1. The van der Waals surface area contributed by atoms with Crippen molar-refractivity contribution in [2.45, 2.75) is 26.2 Å². The van der Waals surface area contributed by atoms with Gasteiger partial charge in [0, 0.05) is 19.2 Å². The Morgan fingerprint density at radius 1 is 1.56 bits per heavy atom. The van der Waals surface area contributed by atoms with Gasteiger partial charge in [0.15, 0.2) is 5.69 Å². The third-order valence-electron chi connectivity index (χ3n) is 2.90. The Balaban J connectivity index is 2.07. The molecule has 1 saturated carbocycles. The Bertz CT molecular complexity index is 451. The standard InChI is InChI=1S/C12H16N2O4/c1-2-5-14(7-8-3-4-8)11(15)9-6-10(12(16)17)18-13-9/h6,8H,2-5,7H2,1H3,(H,16,17). The van der Waals surface area contributed by atoms with Gasteiger partial charge in [0.1, 0.15) is 0 Å². The third-order valence-corrected chi connectivity index (χ3v) is 2.90. The summed E-state index contributed by atoms with van der Waals surface area (Å²) in [7, 11) is 0. The molecule has 1 aliphatic rings. The highest BCUT2D eigenvalue weighted by Crippen LogP contribution is 2.30. The van der Waals surface area contributed by atoms with Gasteiger partial charge >= 0.3 is 5.97 Å². The van der Waals surface area contributed by atoms with Crippen molar-refractivity contribution in [3.63, 3.8) is 0 Å². The van der Waals surface area contributed by atoms with E-state index in [0.717, 1.165) is 25.8 Å². The lowest BCUT2D eigenvalue weighted by molar-refractivity contribution is 0.0648. The fraction of sp³-hybridized carbons (Fsp3) is 0.583. The van der Waals surface area contributed by atoms with Gasteiger partial charge in [-0.15, -0.1) is 0 Å². The first-order chi connectivity index (χ1) is 8.61. The molecule has 0 atom stereocenters. The molecule has 1 heterocycles. The molecule has 1 aliphatic carbocycles. The van der Waals surface area contributed by atoms with Crippen molar-refractivity contribution in [2.75, 3.05) is 13.1 Å². The van der Waals surface area contributed by atoms with Crippen molar-refractivity contribution in [1.29, 1.82) is 0 Å². The first kappa shape index (κ1) is 12.6. The van der Waals surface area contributed by atoms with Crippen LogP contribution in [-0.2, 0) is 0 Å². The molecular weight excluding hydrogens is 236 g/mol. The quantitative estimate of drug-likeness (QED) is 0.832. The molecule has 1 fully saturated rings. The minimum Gasteiger partial charge on any atom is -0.475 e. The largest absolute Gasteiger partial charge is 0.475 e. The van der Waals surface area contributed by atoms with Gasteiger partial charge in [-0.05, 0) is 25.2 Å². The molecule has 0 radical (unpaired) electrons. The van der Waals surface area contributed by atoms with Crippen LogP contribution in [0.4, 0.5) is 0 Å². The zero-order valence-electron chi connectivity index (χ0n) is 10.3. The van der Waals surface area contributed by atoms with Crippen LogP contribution in [-0.4, -0.2) is 40.1 Å². The van der Waals surface area contributed by atoms with E-state index in [0.29, 0.717) is 12.5 Å². The van der Waals surface area contributed by atoms with E-state index in [2.05, 4.69) is 9.68 Å². The molecular formula is C12H16N2O4. The van der Waals surface area contributed by atoms with E-state index in [-0.39, 0.29) is 17.4 Å². The molecule has 1 amide bonds. The highest BCUT2D eigenvalue weighted by Gasteiger charge is 2.28. The number of carbonyl (C=O) groups excluding carboxylic acids is 1. The van der Waals surface area contributed by atoms with E-state index in [1.165, 1.54) is 6.07 Å². The second-order valence-corrected chi connectivity index (χ2v) is 4.58. The SMILES string of the molecule is CCCN(CC1CC1)C(=O)c1cc(C(=O)O)on1. The zero-order chi connectivity index (χ0) is 13.1. The number of amides is 1. The summed E-state index contributed by atoms with van der Waals surface area (Å²) < 4.78 is 4.60. The second kappa shape index (κ2) is 5.20. The van der Waals surface area contributed by atoms with Crippen molar-refractivity contribution in [3.8, 4) is 0 Å². The van der Waals surface area contributed by atoms with Crippen LogP contribution in [0.1, 0.15) is 47.2 Å². The van der Waals surface area contributed by atoms with Gasteiger partial charge in [0.05, 0.1) is 0 Å². The molecule has 0 saturated heterocycles. The summed E-state index contributed by atoms with van der Waals surface area (Å²) in [5.41, 5.74) is 0.0708. The summed E-state index contributed by atoms with van der Waals surface area (Å²) in [4.78, 5) is 24.5. The summed E-state index contributed by atoms with van der Waals surface area (Å²) in [6.07, 6.45) is 3.18. The predicted molar refractivity (Wildman–Crippen MR) is 62.4 cm³/mol. The summed E-state index contributed by atoms with van der Waals surface area (Å²) >= 11 is 0. The Labute approximate surface area is 105 Å². The maximum Gasteiger partial charge on any atom is 0.374 e. The lowest BCUT2D eigenvalue weighted by atomic mass is 10.2. The van der Waals surface area contributed by atoms with Crippen molar-refractivity contribution < 1.29 is 19.2 Å². The van der Waals surface area contributed by atoms with Crippen molar-refractivity contribution in [2.24, 2.45) is 5.92 Å². The monoisotopic (exact) mass is 252 g/mol. The minimum absolute atomic E-state index is 0.0708. The van der Waals surface area contributed by atoms with Crippen LogP contribution in [0.25, 0.3) is 0 Å². The molecule has 2 rings (SSSR count). The van der Waals surface area contributed by atoms with Crippen molar-refractivity contribution in [3.05, 3.63) is 17.5 Å². The van der Waals surface area contributed by atoms with Crippen molar-refractivity contribution in [1.82, 2.24) is 10.1 Å². The van der Waals surface area contributed by atoms with Crippen LogP contribution in [0, 0.1) is 5.92 Å². The van der Waals surface area contributed by atoms with Gasteiger partial charge < -0.3 is 14.5 Å². The van der Waals surface area contributed by atoms with E-state index in [1.807, 2.05) is 6.92 Å². The van der Waals surface area contributed by atoms with Gasteiger partial charge in [-0.3, -0.25) is 4.79 Å². The number of carbonyl (C=O) groups is 2. The summed E-state index contributed by atoms with van der Waals surface area (Å²) in [6, 6.07) is 1.18. The first-order valence-electron chi connectivity index (χ1n) is 6.11. The minimum atomic E-state index is -1.22. The fourth-order valence-electron chi connectivity index (χ4n) is 1.80. The summed E-state index contributed by atoms with van der Waals surface area (Å²) in [5, 5.41) is 12.2. The number of rotatable bonds is 6. The number of nitrogens with zero attached hydrogens (tertiary/aromatic N) is 2. The van der Waals surface area contributed by atoms with E-state index in [4.69, 9.17) is 5.11 Å². The van der Waals surface area contributed by atoms with Crippen LogP contribution in [0.2, 0.25) is 0 Å². The fourth-order valence-corrected chi connectivity index (χ4v) is 1.80. The molecule has 1 aromatic rings. The molecule has 0 spiro atoms. The molecule has 6 nitrogen and oxygen atoms in total. The molecule has 0 aromatic carbocycles. The molecule has 1 N–H and O–H groups in total. The summed E-state index contributed by atoms with van der Waals surface area (Å²) in [5.74, 6) is -1.18. The average molecular weight is 252 g/mol. The molecule has 0 unspecified atom stereocenters. The van der Waals surface area contributed by atoms with E-state index in [9.17, 15) is 9.59 Å². The normalized spacial score (nSPS) is 14.5. The number of aromatic nitrogens is 1. The molecule has 0 aliphatic heterocycles. The average Bonchev–Trinajstić information content (AvgIpc) is 3.01. The Hall–Kier alpha value is -1.85. The second-order valence-electron chi connectivity index (χ2n) is 4.58. The van der Waals surface area contributed by atoms with E-state index in [1.54, 1.807) is 4.90 Å². The highest BCUT2D eigenvalue weighted by atomic mass is 16.5.